The number of nitrogens with one attached hydrogen (secondary N) is 1. The van der Waals surface area contributed by atoms with E-state index in [-0.39, 0.29) is 19.1 Å². The smallest absolute Gasteiger partial charge is 0.328 e. The molecule has 0 radical (unpaired) electrons. The maximum Gasteiger partial charge on any atom is 0.328 e. The zero-order valence-electron chi connectivity index (χ0n) is 10.8. The Labute approximate surface area is 115 Å². The summed E-state index contributed by atoms with van der Waals surface area (Å²) in [6.45, 7) is 0.933. The highest BCUT2D eigenvalue weighted by atomic mass is 16.5. The summed E-state index contributed by atoms with van der Waals surface area (Å²) < 4.78 is 5.26. The molecule has 0 bridgehead atoms. The average molecular weight is 278 g/mol. The van der Waals surface area contributed by atoms with Crippen LogP contribution in [0.25, 0.3) is 0 Å². The van der Waals surface area contributed by atoms with E-state index in [4.69, 9.17) is 9.84 Å². The van der Waals surface area contributed by atoms with Crippen molar-refractivity contribution in [1.82, 2.24) is 5.32 Å². The van der Waals surface area contributed by atoms with Gasteiger partial charge in [0.1, 0.15) is 11.8 Å². The third-order valence-corrected chi connectivity index (χ3v) is 2.85. The fourth-order valence-electron chi connectivity index (χ4n) is 1.97. The number of carboxylic acids is 1. The largest absolute Gasteiger partial charge is 0.482 e. The van der Waals surface area contributed by atoms with Crippen molar-refractivity contribution in [2.24, 2.45) is 0 Å². The Bertz CT molecular complexity index is 557. The Kier molecular flexibility index (Phi) is 3.88. The molecule has 1 aromatic rings. The van der Waals surface area contributed by atoms with Crippen molar-refractivity contribution < 1.29 is 24.2 Å². The van der Waals surface area contributed by atoms with Gasteiger partial charge in [0.05, 0.1) is 12.2 Å². The lowest BCUT2D eigenvalue weighted by molar-refractivity contribution is -0.141. The number of ether oxygens (including phenoxy) is 1. The van der Waals surface area contributed by atoms with Crippen LogP contribution in [0.15, 0.2) is 24.3 Å². The zero-order chi connectivity index (χ0) is 14.7. The molecule has 0 spiro atoms. The highest BCUT2D eigenvalue weighted by Gasteiger charge is 2.30. The molecular weight excluding hydrogens is 264 g/mol. The van der Waals surface area contributed by atoms with Gasteiger partial charge in [0, 0.05) is 6.92 Å². The number of benzene rings is 1. The monoisotopic (exact) mass is 278 g/mol. The van der Waals surface area contributed by atoms with E-state index in [2.05, 4.69) is 5.32 Å². The number of rotatable bonds is 4. The Morgan fingerprint density at radius 1 is 1.45 bits per heavy atom. The SMILES string of the molecule is CC(=O)NC(CN1C(=O)COc2ccccc21)C(=O)O. The molecule has 1 aliphatic rings. The van der Waals surface area contributed by atoms with Crippen molar-refractivity contribution in [3.8, 4) is 5.75 Å². The number of para-hydroxylation sites is 2. The topological polar surface area (TPSA) is 95.9 Å². The quantitative estimate of drug-likeness (QED) is 0.808. The molecule has 0 aliphatic carbocycles. The predicted octanol–water partition coefficient (Wildman–Crippen LogP) is 0.00130. The Balaban J connectivity index is 2.24. The molecule has 1 heterocycles. The van der Waals surface area contributed by atoms with Crippen molar-refractivity contribution in [1.29, 1.82) is 0 Å². The first-order valence-corrected chi connectivity index (χ1v) is 6.01. The van der Waals surface area contributed by atoms with E-state index in [0.717, 1.165) is 0 Å². The van der Waals surface area contributed by atoms with Crippen LogP contribution < -0.4 is 15.0 Å². The Morgan fingerprint density at radius 2 is 2.15 bits per heavy atom. The third kappa shape index (κ3) is 2.87. The molecule has 2 N–H and O–H groups in total. The molecule has 0 saturated heterocycles. The normalized spacial score (nSPS) is 15.1. The van der Waals surface area contributed by atoms with Crippen LogP contribution >= 0.6 is 0 Å². The van der Waals surface area contributed by atoms with Gasteiger partial charge in [0.15, 0.2) is 6.61 Å². The summed E-state index contributed by atoms with van der Waals surface area (Å²) in [4.78, 5) is 35.4. The van der Waals surface area contributed by atoms with E-state index < -0.39 is 17.9 Å². The van der Waals surface area contributed by atoms with E-state index in [0.29, 0.717) is 11.4 Å². The van der Waals surface area contributed by atoms with E-state index in [1.54, 1.807) is 24.3 Å². The lowest BCUT2D eigenvalue weighted by atomic mass is 10.2. The number of hydrogen-bond donors (Lipinski definition) is 2. The standard InChI is InChI=1S/C13H14N2O5/c1-8(16)14-9(13(18)19)6-15-10-4-2-3-5-11(10)20-7-12(15)17/h2-5,9H,6-7H2,1H3,(H,14,16)(H,18,19). The number of amides is 2. The third-order valence-electron chi connectivity index (χ3n) is 2.85. The molecule has 0 aromatic heterocycles. The molecule has 1 aliphatic heterocycles. The Hall–Kier alpha value is -2.57. The minimum atomic E-state index is -1.20. The van der Waals surface area contributed by atoms with Crippen LogP contribution in [-0.2, 0) is 14.4 Å². The number of carbonyl (C=O) groups excluding carboxylic acids is 2. The number of fused-ring (bicyclic) bond motifs is 1. The zero-order valence-corrected chi connectivity index (χ0v) is 10.8. The maximum atomic E-state index is 11.9. The number of hydrogen-bond acceptors (Lipinski definition) is 4. The molecule has 1 atom stereocenters. The van der Waals surface area contributed by atoms with Crippen molar-refractivity contribution in [2.45, 2.75) is 13.0 Å². The molecular formula is C13H14N2O5. The van der Waals surface area contributed by atoms with Gasteiger partial charge in [-0.15, -0.1) is 0 Å². The van der Waals surface area contributed by atoms with Crippen LogP contribution in [0, 0.1) is 0 Å². The summed E-state index contributed by atoms with van der Waals surface area (Å²) in [5.41, 5.74) is 0.500. The lowest BCUT2D eigenvalue weighted by Crippen LogP contribution is -2.51. The minimum absolute atomic E-state index is 0.145. The van der Waals surface area contributed by atoms with Gasteiger partial charge in [-0.2, -0.15) is 0 Å². The van der Waals surface area contributed by atoms with Crippen LogP contribution in [0.3, 0.4) is 0 Å². The van der Waals surface area contributed by atoms with Crippen LogP contribution in [0.1, 0.15) is 6.92 Å². The number of carboxylic acid groups (broad SMARTS) is 1. The molecule has 1 aromatic carbocycles. The number of carbonyl (C=O) groups is 3. The van der Waals surface area contributed by atoms with Gasteiger partial charge in [0.25, 0.3) is 5.91 Å². The maximum absolute atomic E-state index is 11.9. The Morgan fingerprint density at radius 3 is 2.80 bits per heavy atom. The van der Waals surface area contributed by atoms with Gasteiger partial charge < -0.3 is 20.1 Å². The summed E-state index contributed by atoms with van der Waals surface area (Å²) in [5, 5.41) is 11.4. The number of nitrogens with zero attached hydrogens (tertiary/aromatic N) is 1. The second-order valence-electron chi connectivity index (χ2n) is 4.35. The second kappa shape index (κ2) is 5.60. The fraction of sp³-hybridized carbons (Fsp3) is 0.308. The molecule has 106 valence electrons. The number of anilines is 1. The van der Waals surface area contributed by atoms with Gasteiger partial charge >= 0.3 is 5.97 Å². The molecule has 0 fully saturated rings. The van der Waals surface area contributed by atoms with Crippen LogP contribution in [0.5, 0.6) is 5.75 Å². The van der Waals surface area contributed by atoms with E-state index >= 15 is 0 Å². The first-order chi connectivity index (χ1) is 9.49. The first kappa shape index (κ1) is 13.9. The van der Waals surface area contributed by atoms with Crippen LogP contribution in [0.4, 0.5) is 5.69 Å². The van der Waals surface area contributed by atoms with E-state index in [1.165, 1.54) is 11.8 Å². The summed E-state index contributed by atoms with van der Waals surface area (Å²) in [7, 11) is 0. The molecule has 0 saturated carbocycles. The van der Waals surface area contributed by atoms with Gasteiger partial charge in [-0.05, 0) is 12.1 Å². The summed E-state index contributed by atoms with van der Waals surface area (Å²) in [6, 6.07) is 5.68. The summed E-state index contributed by atoms with van der Waals surface area (Å²) in [6.07, 6.45) is 0. The molecule has 1 unspecified atom stereocenters. The van der Waals surface area contributed by atoms with Crippen molar-refractivity contribution in [2.75, 3.05) is 18.1 Å². The van der Waals surface area contributed by atoms with Crippen LogP contribution in [0.2, 0.25) is 0 Å². The van der Waals surface area contributed by atoms with Crippen LogP contribution in [-0.4, -0.2) is 42.1 Å². The van der Waals surface area contributed by atoms with Gasteiger partial charge in [-0.25, -0.2) is 4.79 Å². The highest BCUT2D eigenvalue weighted by Crippen LogP contribution is 2.31. The highest BCUT2D eigenvalue weighted by molar-refractivity contribution is 5.98. The van der Waals surface area contributed by atoms with Gasteiger partial charge in [-0.3, -0.25) is 9.59 Å². The fourth-order valence-corrected chi connectivity index (χ4v) is 1.97. The van der Waals surface area contributed by atoms with Crippen molar-refractivity contribution in [3.05, 3.63) is 24.3 Å². The lowest BCUT2D eigenvalue weighted by Gasteiger charge is -2.31. The van der Waals surface area contributed by atoms with Crippen molar-refractivity contribution in [3.63, 3.8) is 0 Å². The molecule has 2 rings (SSSR count). The molecule has 7 nitrogen and oxygen atoms in total. The van der Waals surface area contributed by atoms with E-state index in [1.807, 2.05) is 0 Å². The molecule has 20 heavy (non-hydrogen) atoms. The molecule has 2 amide bonds. The predicted molar refractivity (Wildman–Crippen MR) is 69.5 cm³/mol. The number of aliphatic carboxylic acids is 1. The first-order valence-electron chi connectivity index (χ1n) is 6.01. The summed E-state index contributed by atoms with van der Waals surface area (Å²) in [5.74, 6) is -1.50. The summed E-state index contributed by atoms with van der Waals surface area (Å²) >= 11 is 0. The van der Waals surface area contributed by atoms with Gasteiger partial charge in [0.2, 0.25) is 5.91 Å². The average Bonchev–Trinajstić information content (AvgIpc) is 2.40. The van der Waals surface area contributed by atoms with E-state index in [9.17, 15) is 14.4 Å². The second-order valence-corrected chi connectivity index (χ2v) is 4.35. The molecule has 7 heteroatoms. The van der Waals surface area contributed by atoms with Gasteiger partial charge in [-0.1, -0.05) is 12.1 Å². The van der Waals surface area contributed by atoms with Crippen molar-refractivity contribution >= 4 is 23.5 Å². The minimum Gasteiger partial charge on any atom is -0.482 e.